The van der Waals surface area contributed by atoms with Crippen LogP contribution in [0.1, 0.15) is 34.8 Å². The minimum absolute atomic E-state index is 0.0952. The highest BCUT2D eigenvalue weighted by molar-refractivity contribution is 6.42. The lowest BCUT2D eigenvalue weighted by Crippen LogP contribution is -2.24. The molecule has 0 saturated heterocycles. The summed E-state index contributed by atoms with van der Waals surface area (Å²) >= 11 is 12.1. The number of aromatic nitrogens is 2. The van der Waals surface area contributed by atoms with Crippen LogP contribution in [0.3, 0.4) is 0 Å². The summed E-state index contributed by atoms with van der Waals surface area (Å²) in [5.74, 6) is -0.0952. The van der Waals surface area contributed by atoms with Crippen molar-refractivity contribution in [3.05, 3.63) is 98.0 Å². The van der Waals surface area contributed by atoms with E-state index in [4.69, 9.17) is 23.2 Å². The Balaban J connectivity index is 1.68. The molecule has 168 valence electrons. The molecule has 0 aliphatic heterocycles. The SMILES string of the molecule is CCCNC(=O)c1ccc(C)c(-c2ccc3c(=O)n(Cc4ccc(Cl)c(Cl)c4)cnc3c2)c1. The third-order valence-electron chi connectivity index (χ3n) is 5.51. The number of amides is 1. The molecule has 1 aromatic heterocycles. The van der Waals surface area contributed by atoms with Gasteiger partial charge in [-0.05, 0) is 72.0 Å². The molecule has 0 radical (unpaired) electrons. The minimum atomic E-state index is -0.137. The van der Waals surface area contributed by atoms with Crippen LogP contribution in [0.4, 0.5) is 0 Å². The van der Waals surface area contributed by atoms with E-state index >= 15 is 0 Å². The van der Waals surface area contributed by atoms with Gasteiger partial charge in [0.15, 0.2) is 0 Å². The number of halogens is 2. The van der Waals surface area contributed by atoms with Crippen LogP contribution in [0.15, 0.2) is 65.7 Å². The Morgan fingerprint density at radius 2 is 1.85 bits per heavy atom. The fraction of sp³-hybridized carbons (Fsp3) is 0.192. The summed E-state index contributed by atoms with van der Waals surface area (Å²) in [6.45, 7) is 4.99. The number of carbonyl (C=O) groups excluding carboxylic acids is 1. The quantitative estimate of drug-likeness (QED) is 0.376. The summed E-state index contributed by atoms with van der Waals surface area (Å²) < 4.78 is 1.55. The van der Waals surface area contributed by atoms with Gasteiger partial charge in [0, 0.05) is 12.1 Å². The molecule has 4 aromatic rings. The number of hydrogen-bond donors (Lipinski definition) is 1. The van der Waals surface area contributed by atoms with E-state index in [0.717, 1.165) is 28.7 Å². The molecule has 0 spiro atoms. The van der Waals surface area contributed by atoms with E-state index in [9.17, 15) is 9.59 Å². The second kappa shape index (κ2) is 9.77. The molecule has 0 atom stereocenters. The van der Waals surface area contributed by atoms with E-state index in [0.29, 0.717) is 39.6 Å². The van der Waals surface area contributed by atoms with E-state index in [2.05, 4.69) is 10.3 Å². The number of fused-ring (bicyclic) bond motifs is 1. The number of aryl methyl sites for hydroxylation is 1. The van der Waals surface area contributed by atoms with Gasteiger partial charge in [-0.3, -0.25) is 14.2 Å². The number of benzene rings is 3. The van der Waals surface area contributed by atoms with E-state index < -0.39 is 0 Å². The zero-order valence-electron chi connectivity index (χ0n) is 18.4. The highest BCUT2D eigenvalue weighted by atomic mass is 35.5. The number of rotatable bonds is 6. The lowest BCUT2D eigenvalue weighted by atomic mass is 9.97. The molecular weight excluding hydrogens is 457 g/mol. The third kappa shape index (κ3) is 4.95. The van der Waals surface area contributed by atoms with Gasteiger partial charge >= 0.3 is 0 Å². The molecule has 33 heavy (non-hydrogen) atoms. The predicted octanol–water partition coefficient (Wildman–Crippen LogP) is 5.87. The van der Waals surface area contributed by atoms with Gasteiger partial charge in [-0.25, -0.2) is 4.98 Å². The van der Waals surface area contributed by atoms with Crippen molar-refractivity contribution >= 4 is 40.0 Å². The van der Waals surface area contributed by atoms with Crippen LogP contribution in [0.5, 0.6) is 0 Å². The lowest BCUT2D eigenvalue weighted by Gasteiger charge is -2.11. The molecule has 0 aliphatic rings. The maximum Gasteiger partial charge on any atom is 0.261 e. The highest BCUT2D eigenvalue weighted by Crippen LogP contribution is 2.27. The number of nitrogens with zero attached hydrogens (tertiary/aromatic N) is 2. The maximum atomic E-state index is 13.1. The van der Waals surface area contributed by atoms with Crippen LogP contribution in [0.2, 0.25) is 10.0 Å². The number of nitrogens with one attached hydrogen (secondary N) is 1. The first kappa shape index (κ1) is 23.0. The fourth-order valence-corrected chi connectivity index (χ4v) is 4.01. The Morgan fingerprint density at radius 1 is 1.03 bits per heavy atom. The molecule has 7 heteroatoms. The van der Waals surface area contributed by atoms with E-state index in [-0.39, 0.29) is 11.5 Å². The van der Waals surface area contributed by atoms with Gasteiger partial charge in [0.2, 0.25) is 0 Å². The topological polar surface area (TPSA) is 64.0 Å². The second-order valence-corrected chi connectivity index (χ2v) is 8.76. The van der Waals surface area contributed by atoms with Gasteiger partial charge in [-0.1, -0.05) is 48.3 Å². The van der Waals surface area contributed by atoms with Gasteiger partial charge in [0.25, 0.3) is 11.5 Å². The van der Waals surface area contributed by atoms with Crippen LogP contribution in [-0.2, 0) is 6.54 Å². The summed E-state index contributed by atoms with van der Waals surface area (Å²) in [6, 6.07) is 16.5. The van der Waals surface area contributed by atoms with Gasteiger partial charge in [0.1, 0.15) is 0 Å². The predicted molar refractivity (Wildman–Crippen MR) is 134 cm³/mol. The van der Waals surface area contributed by atoms with Crippen LogP contribution >= 0.6 is 23.2 Å². The van der Waals surface area contributed by atoms with Crippen molar-refractivity contribution in [2.45, 2.75) is 26.8 Å². The monoisotopic (exact) mass is 479 g/mol. The molecule has 4 rings (SSSR count). The molecule has 0 saturated carbocycles. The largest absolute Gasteiger partial charge is 0.352 e. The molecule has 1 N–H and O–H groups in total. The molecule has 0 unspecified atom stereocenters. The van der Waals surface area contributed by atoms with Crippen molar-refractivity contribution < 1.29 is 4.79 Å². The fourth-order valence-electron chi connectivity index (χ4n) is 3.69. The first-order valence-corrected chi connectivity index (χ1v) is 11.5. The van der Waals surface area contributed by atoms with Crippen molar-refractivity contribution in [3.8, 4) is 11.1 Å². The highest BCUT2D eigenvalue weighted by Gasteiger charge is 2.12. The normalized spacial score (nSPS) is 11.0. The van der Waals surface area contributed by atoms with Gasteiger partial charge in [0.05, 0.1) is 33.8 Å². The summed E-state index contributed by atoms with van der Waals surface area (Å²) in [4.78, 5) is 30.0. The Labute approximate surface area is 202 Å². The Hall–Kier alpha value is -3.15. The summed E-state index contributed by atoms with van der Waals surface area (Å²) in [6.07, 6.45) is 2.42. The van der Waals surface area contributed by atoms with Crippen molar-refractivity contribution in [2.75, 3.05) is 6.54 Å². The number of carbonyl (C=O) groups is 1. The molecule has 1 heterocycles. The maximum absolute atomic E-state index is 13.1. The molecule has 0 aliphatic carbocycles. The smallest absolute Gasteiger partial charge is 0.261 e. The average Bonchev–Trinajstić information content (AvgIpc) is 2.81. The molecular formula is C26H23Cl2N3O2. The van der Waals surface area contributed by atoms with Gasteiger partial charge in [-0.15, -0.1) is 0 Å². The third-order valence-corrected chi connectivity index (χ3v) is 6.25. The zero-order valence-corrected chi connectivity index (χ0v) is 19.9. The molecule has 5 nitrogen and oxygen atoms in total. The van der Waals surface area contributed by atoms with Crippen LogP contribution in [0.25, 0.3) is 22.0 Å². The molecule has 0 fully saturated rings. The van der Waals surface area contributed by atoms with E-state index in [1.54, 1.807) is 29.1 Å². The molecule has 3 aromatic carbocycles. The van der Waals surface area contributed by atoms with Crippen LogP contribution < -0.4 is 10.9 Å². The Kier molecular flexibility index (Phi) is 6.82. The number of hydrogen-bond acceptors (Lipinski definition) is 3. The standard InChI is InChI=1S/C26H23Cl2N3O2/c1-3-10-29-25(32)19-6-4-16(2)21(12-19)18-7-8-20-24(13-18)30-15-31(26(20)33)14-17-5-9-22(27)23(28)11-17/h4-9,11-13,15H,3,10,14H2,1-2H3,(H,29,32). The zero-order chi connectivity index (χ0) is 23.5. The van der Waals surface area contributed by atoms with Crippen molar-refractivity contribution in [1.82, 2.24) is 14.9 Å². The van der Waals surface area contributed by atoms with Crippen LogP contribution in [0, 0.1) is 6.92 Å². The first-order valence-electron chi connectivity index (χ1n) is 10.7. The minimum Gasteiger partial charge on any atom is -0.352 e. The van der Waals surface area contributed by atoms with Gasteiger partial charge in [-0.2, -0.15) is 0 Å². The van der Waals surface area contributed by atoms with Crippen LogP contribution in [-0.4, -0.2) is 22.0 Å². The average molecular weight is 480 g/mol. The molecule has 1 amide bonds. The van der Waals surface area contributed by atoms with Gasteiger partial charge < -0.3 is 5.32 Å². The Bertz CT molecular complexity index is 1410. The first-order chi connectivity index (χ1) is 15.9. The van der Waals surface area contributed by atoms with E-state index in [1.807, 2.05) is 50.2 Å². The second-order valence-electron chi connectivity index (χ2n) is 7.94. The van der Waals surface area contributed by atoms with Crippen molar-refractivity contribution in [3.63, 3.8) is 0 Å². The van der Waals surface area contributed by atoms with Crippen molar-refractivity contribution in [1.29, 1.82) is 0 Å². The summed E-state index contributed by atoms with van der Waals surface area (Å²) in [5.41, 5.74) is 4.80. The summed E-state index contributed by atoms with van der Waals surface area (Å²) in [5, 5.41) is 4.35. The van der Waals surface area contributed by atoms with Crippen molar-refractivity contribution in [2.24, 2.45) is 0 Å². The summed E-state index contributed by atoms with van der Waals surface area (Å²) in [7, 11) is 0. The Morgan fingerprint density at radius 3 is 2.61 bits per heavy atom. The van der Waals surface area contributed by atoms with E-state index in [1.165, 1.54) is 0 Å². The molecule has 0 bridgehead atoms. The lowest BCUT2D eigenvalue weighted by molar-refractivity contribution is 0.0953.